The normalized spacial score (nSPS) is 20.7. The van der Waals surface area contributed by atoms with E-state index in [2.05, 4.69) is 34.4 Å². The SMILES string of the molecule is CC(C)CC(=O)OC(O)(CC(=O)[O-])C[N+](C)(C)C.CC(O)(CC(=O)O)CC(=O)SCCNC(=O)CCNC(=O)[C@H](O)C(C)(C)COP(=O)(O)OP(=O)(O)OC[C@H]1O[C@@H](n2cnc3c(N)ncnc32)[C@H](O)[C@@H]1OP(=O)(O)O. The van der Waals surface area contributed by atoms with Gasteiger partial charge in [0.05, 0.1) is 59.1 Å². The number of hydrogen-bond acceptors (Lipinski definition) is 25. The van der Waals surface area contributed by atoms with Crippen molar-refractivity contribution in [3.05, 3.63) is 12.7 Å². The fraction of sp³-hybridized carbons (Fsp3) is 0.718. The maximum Gasteiger partial charge on any atom is 0.481 e. The van der Waals surface area contributed by atoms with Crippen LogP contribution >= 0.6 is 35.2 Å². The van der Waals surface area contributed by atoms with E-state index in [1.165, 1.54) is 20.8 Å². The van der Waals surface area contributed by atoms with Crippen LogP contribution in [-0.4, -0.2) is 199 Å². The van der Waals surface area contributed by atoms with E-state index in [-0.39, 0.29) is 65.6 Å². The molecule has 0 aliphatic carbocycles. The van der Waals surface area contributed by atoms with E-state index in [0.717, 1.165) is 29.0 Å². The molecule has 4 unspecified atom stereocenters. The lowest BCUT2D eigenvalue weighted by Gasteiger charge is -2.35. The number of phosphoric ester groups is 3. The van der Waals surface area contributed by atoms with Crippen LogP contribution in [0, 0.1) is 11.3 Å². The van der Waals surface area contributed by atoms with Gasteiger partial charge in [0.25, 0.3) is 5.79 Å². The van der Waals surface area contributed by atoms with Gasteiger partial charge >= 0.3 is 35.4 Å². The minimum atomic E-state index is -5.60. The topological polar surface area (TPSA) is 508 Å². The van der Waals surface area contributed by atoms with E-state index < -0.39 is 138 Å². The highest BCUT2D eigenvalue weighted by Crippen LogP contribution is 2.61. The minimum Gasteiger partial charge on any atom is -0.550 e. The number of thioether (sulfide) groups is 1. The van der Waals surface area contributed by atoms with Crippen molar-refractivity contribution in [2.24, 2.45) is 11.3 Å². The van der Waals surface area contributed by atoms with Crippen LogP contribution in [0.5, 0.6) is 0 Å². The molecule has 3 heterocycles. The summed E-state index contributed by atoms with van der Waals surface area (Å²) >= 11 is 0.771. The first kappa shape index (κ1) is 68.0. The molecule has 3 rings (SSSR count). The van der Waals surface area contributed by atoms with Gasteiger partial charge in [-0.15, -0.1) is 0 Å². The highest BCUT2D eigenvalue weighted by molar-refractivity contribution is 8.13. The summed E-state index contributed by atoms with van der Waals surface area (Å²) < 4.78 is 67.1. The van der Waals surface area contributed by atoms with Crippen molar-refractivity contribution >= 4 is 87.0 Å². The molecular weight excluding hydrogens is 1110 g/mol. The van der Waals surface area contributed by atoms with Crippen molar-refractivity contribution in [3.63, 3.8) is 0 Å². The highest BCUT2D eigenvalue weighted by Gasteiger charge is 2.50. The number of phosphoric acid groups is 3. The van der Waals surface area contributed by atoms with Crippen LogP contribution < -0.4 is 21.5 Å². The Balaban J connectivity index is 0.000000931. The molecule has 37 heteroatoms. The number of rotatable bonds is 30. The first-order chi connectivity index (χ1) is 34.6. The smallest absolute Gasteiger partial charge is 0.481 e. The molecule has 0 spiro atoms. The second kappa shape index (κ2) is 28.1. The largest absolute Gasteiger partial charge is 0.550 e. The number of carboxylic acids is 2. The number of nitrogens with one attached hydrogen (secondary N) is 2. The van der Waals surface area contributed by atoms with E-state index in [0.29, 0.717) is 0 Å². The number of carbonyl (C=O) groups excluding carboxylic acids is 5. The number of amides is 2. The number of aliphatic hydroxyl groups excluding tert-OH is 2. The molecule has 0 saturated carbocycles. The number of ether oxygens (including phenoxy) is 2. The Labute approximate surface area is 438 Å². The third-order valence-corrected chi connectivity index (χ3v) is 13.8. The molecule has 1 aliphatic rings. The quantitative estimate of drug-likeness (QED) is 0.0125. The van der Waals surface area contributed by atoms with Gasteiger partial charge in [-0.2, -0.15) is 4.31 Å². The second-order valence-electron chi connectivity index (χ2n) is 19.5. The zero-order valence-electron chi connectivity index (χ0n) is 42.5. The average Bonchev–Trinajstić information content (AvgIpc) is 3.78. The summed E-state index contributed by atoms with van der Waals surface area (Å²) in [5.41, 5.74) is 2.44. The summed E-state index contributed by atoms with van der Waals surface area (Å²) in [7, 11) is -11.2. The molecule has 76 heavy (non-hydrogen) atoms. The van der Waals surface area contributed by atoms with Crippen LogP contribution in [0.1, 0.15) is 73.0 Å². The van der Waals surface area contributed by atoms with Gasteiger partial charge in [-0.1, -0.05) is 39.5 Å². The van der Waals surface area contributed by atoms with Gasteiger partial charge in [0, 0.05) is 49.5 Å². The van der Waals surface area contributed by atoms with Crippen molar-refractivity contribution in [1.82, 2.24) is 30.2 Å². The summed E-state index contributed by atoms with van der Waals surface area (Å²) in [6, 6.07) is 0. The Morgan fingerprint density at radius 2 is 1.57 bits per heavy atom. The van der Waals surface area contributed by atoms with Crippen molar-refractivity contribution in [3.8, 4) is 0 Å². The number of hydrogen-bond donors (Lipinski definition) is 12. The van der Waals surface area contributed by atoms with Crippen molar-refractivity contribution < 1.29 is 125 Å². The predicted molar refractivity (Wildman–Crippen MR) is 258 cm³/mol. The third kappa shape index (κ3) is 24.7. The van der Waals surface area contributed by atoms with Crippen LogP contribution in [0.2, 0.25) is 0 Å². The van der Waals surface area contributed by atoms with Crippen LogP contribution in [0.25, 0.3) is 11.2 Å². The molecule has 13 N–H and O–H groups in total. The maximum atomic E-state index is 12.7. The molecule has 0 bridgehead atoms. The van der Waals surface area contributed by atoms with Crippen LogP contribution in [0.3, 0.4) is 0 Å². The number of aliphatic carboxylic acids is 2. The number of carboxylic acid groups (broad SMARTS) is 2. The molecule has 0 aromatic carbocycles. The Morgan fingerprint density at radius 1 is 0.947 bits per heavy atom. The number of aromatic nitrogens is 4. The molecule has 1 fully saturated rings. The predicted octanol–water partition coefficient (Wildman–Crippen LogP) is -2.61. The lowest BCUT2D eigenvalue weighted by atomic mass is 9.87. The van der Waals surface area contributed by atoms with Crippen molar-refractivity contribution in [2.75, 3.05) is 65.5 Å². The molecule has 9 atom stereocenters. The number of esters is 1. The van der Waals surface area contributed by atoms with Gasteiger partial charge in [0.1, 0.15) is 42.8 Å². The number of anilines is 1. The Kier molecular flexibility index (Phi) is 25.2. The van der Waals surface area contributed by atoms with Crippen molar-refractivity contribution in [2.45, 2.75) is 109 Å². The first-order valence-electron chi connectivity index (χ1n) is 22.5. The highest BCUT2D eigenvalue weighted by atomic mass is 32.2. The zero-order chi connectivity index (χ0) is 58.4. The zero-order valence-corrected chi connectivity index (χ0v) is 46.0. The summed E-state index contributed by atoms with van der Waals surface area (Å²) in [6.07, 6.45) is -8.82. The van der Waals surface area contributed by atoms with E-state index in [1.54, 1.807) is 21.1 Å². The average molecular weight is 1170 g/mol. The fourth-order valence-corrected chi connectivity index (χ4v) is 10.4. The number of nitrogens with two attached hydrogens (primary N) is 1. The molecule has 1 aliphatic heterocycles. The van der Waals surface area contributed by atoms with Crippen molar-refractivity contribution in [1.29, 1.82) is 0 Å². The summed E-state index contributed by atoms with van der Waals surface area (Å²) in [5, 5.41) is 65.2. The molecule has 33 nitrogen and oxygen atoms in total. The van der Waals surface area contributed by atoms with Gasteiger partial charge in [-0.3, -0.25) is 42.1 Å². The standard InChI is InChI=1S/C27H44N7O20P3S.C12H23NO5/c1-26(2,21(40)24(41)30-5-4-15(35)29-6-7-58-17(38)9-27(3,42)8-16(36)37)11-51-57(48,49)54-56(46,47)50-10-14-20(53-55(43,44)45)19(39)25(52-14)34-13-33-18-22(28)31-12-32-23(18)34;1-9(2)6-11(16)18-12(17,7-10(14)15)8-13(3,4)5/h12-14,19-21,25,39-40,42H,4-11H2,1-3H3,(H,29,35)(H,30,41)(H,36,37)(H,46,47)(H,48,49)(H2,28,31,32)(H2,43,44,45);9,17H,6-8H2,1-5H3/t14-,19-,20-,21+,25-,27?;/m1./s1. The number of aliphatic hydroxyl groups is 4. The summed E-state index contributed by atoms with van der Waals surface area (Å²) in [4.78, 5) is 120. The van der Waals surface area contributed by atoms with Gasteiger partial charge in [0.15, 0.2) is 22.8 Å². The van der Waals surface area contributed by atoms with Gasteiger partial charge in [0.2, 0.25) is 11.8 Å². The molecule has 1 saturated heterocycles. The lowest BCUT2D eigenvalue weighted by Crippen LogP contribution is -2.54. The summed E-state index contributed by atoms with van der Waals surface area (Å²) in [6.45, 7) is 4.93. The minimum absolute atomic E-state index is 0.0147. The molecule has 2 amide bonds. The number of fused-ring (bicyclic) bond motifs is 1. The Morgan fingerprint density at radius 3 is 2.13 bits per heavy atom. The Hall–Kier alpha value is -4.15. The number of nitrogens with zero attached hydrogens (tertiary/aromatic N) is 5. The second-order valence-corrected chi connectivity index (χ2v) is 24.9. The number of nitrogen functional groups attached to an aromatic ring is 1. The van der Waals surface area contributed by atoms with E-state index in [1.807, 2.05) is 13.8 Å². The molecular formula is C39H67N8O25P3S. The summed E-state index contributed by atoms with van der Waals surface area (Å²) in [5.74, 6) is -6.82. The van der Waals surface area contributed by atoms with Gasteiger partial charge in [-0.05, 0) is 12.8 Å². The number of carbonyl (C=O) groups is 6. The van der Waals surface area contributed by atoms with E-state index >= 15 is 0 Å². The monoisotopic (exact) mass is 1170 g/mol. The van der Waals surface area contributed by atoms with Gasteiger partial charge < -0.3 is 85.3 Å². The first-order valence-corrected chi connectivity index (χ1v) is 28.0. The maximum absolute atomic E-state index is 12.7. The van der Waals surface area contributed by atoms with Crippen LogP contribution in [0.15, 0.2) is 12.7 Å². The number of quaternary nitrogens is 1. The number of likely N-dealkylation sites (N-methyl/N-ethyl adjacent to an activating group) is 1. The third-order valence-electron chi connectivity index (χ3n) is 9.84. The fourth-order valence-electron chi connectivity index (χ4n) is 6.72. The lowest BCUT2D eigenvalue weighted by molar-refractivity contribution is -0.880. The Bertz CT molecular complexity index is 2490. The molecule has 434 valence electrons. The molecule has 0 radical (unpaired) electrons. The van der Waals surface area contributed by atoms with Gasteiger partial charge in [-0.25, -0.2) is 28.6 Å². The van der Waals surface area contributed by atoms with Crippen LogP contribution in [0.4, 0.5) is 5.82 Å². The number of imidazole rings is 1. The van der Waals surface area contributed by atoms with Crippen LogP contribution in [-0.2, 0) is 69.8 Å². The molecule has 2 aromatic rings. The molecule has 2 aromatic heterocycles. The van der Waals surface area contributed by atoms with E-state index in [9.17, 15) is 87.6 Å². The van der Waals surface area contributed by atoms with E-state index in [4.69, 9.17) is 29.4 Å².